The Morgan fingerprint density at radius 1 is 1.04 bits per heavy atom. The number of benzene rings is 2. The molecular weight excluding hydrogens is 615 g/mol. The zero-order valence-electron chi connectivity index (χ0n) is 25.5. The van der Waals surface area contributed by atoms with Crippen molar-refractivity contribution in [3.63, 3.8) is 0 Å². The molecule has 0 aliphatic heterocycles. The summed E-state index contributed by atoms with van der Waals surface area (Å²) in [5.41, 5.74) is 2.63. The monoisotopic (exact) mass is 649 g/mol. The smallest absolute Gasteiger partial charge is 0.341 e. The molecule has 0 bridgehead atoms. The van der Waals surface area contributed by atoms with E-state index in [9.17, 15) is 14.4 Å². The Labute approximate surface area is 269 Å². The summed E-state index contributed by atoms with van der Waals surface area (Å²) in [4.78, 5) is 40.3. The second kappa shape index (κ2) is 14.6. The highest BCUT2D eigenvalue weighted by Gasteiger charge is 2.30. The van der Waals surface area contributed by atoms with E-state index in [4.69, 9.17) is 14.2 Å². The minimum Gasteiger partial charge on any atom is -0.497 e. The molecule has 11 nitrogen and oxygen atoms in total. The van der Waals surface area contributed by atoms with Gasteiger partial charge < -0.3 is 24.8 Å². The van der Waals surface area contributed by atoms with Gasteiger partial charge in [0.05, 0.1) is 37.7 Å². The van der Waals surface area contributed by atoms with Crippen LogP contribution in [-0.4, -0.2) is 58.1 Å². The van der Waals surface area contributed by atoms with E-state index < -0.39 is 11.2 Å². The van der Waals surface area contributed by atoms with Crippen LogP contribution in [0.15, 0.2) is 53.7 Å². The average molecular weight is 650 g/mol. The van der Waals surface area contributed by atoms with Crippen LogP contribution in [0.25, 0.3) is 5.69 Å². The van der Waals surface area contributed by atoms with Gasteiger partial charge in [0.25, 0.3) is 5.91 Å². The fourth-order valence-electron chi connectivity index (χ4n) is 4.97. The number of amides is 2. The molecule has 1 unspecified atom stereocenters. The van der Waals surface area contributed by atoms with Crippen LogP contribution < -0.4 is 20.1 Å². The molecule has 5 rings (SSSR count). The van der Waals surface area contributed by atoms with Gasteiger partial charge in [0.2, 0.25) is 5.91 Å². The van der Waals surface area contributed by atoms with Crippen LogP contribution in [0.2, 0.25) is 0 Å². The first-order valence-corrected chi connectivity index (χ1v) is 16.4. The van der Waals surface area contributed by atoms with E-state index in [2.05, 4.69) is 20.8 Å². The summed E-state index contributed by atoms with van der Waals surface area (Å²) in [5, 5.41) is 15.0. The van der Waals surface area contributed by atoms with Crippen molar-refractivity contribution < 1.29 is 28.6 Å². The van der Waals surface area contributed by atoms with E-state index in [1.807, 2.05) is 31.2 Å². The van der Waals surface area contributed by atoms with Crippen molar-refractivity contribution in [3.05, 3.63) is 75.9 Å². The Morgan fingerprint density at radius 2 is 1.84 bits per heavy atom. The van der Waals surface area contributed by atoms with E-state index >= 15 is 0 Å². The fraction of sp³-hybridized carbons (Fsp3) is 0.344. The zero-order valence-corrected chi connectivity index (χ0v) is 27.2. The molecular formula is C32H35N5O6S2. The van der Waals surface area contributed by atoms with E-state index in [1.165, 1.54) is 23.1 Å². The van der Waals surface area contributed by atoms with Gasteiger partial charge >= 0.3 is 5.97 Å². The van der Waals surface area contributed by atoms with Gasteiger partial charge in [-0.05, 0) is 88.1 Å². The molecule has 1 aliphatic rings. The van der Waals surface area contributed by atoms with E-state index in [0.29, 0.717) is 45.2 Å². The number of thiophene rings is 1. The molecule has 1 atom stereocenters. The molecule has 2 amide bonds. The second-order valence-electron chi connectivity index (χ2n) is 10.1. The largest absolute Gasteiger partial charge is 0.497 e. The average Bonchev–Trinajstić information content (AvgIpc) is 3.75. The summed E-state index contributed by atoms with van der Waals surface area (Å²) in [7, 11) is 1.54. The third-order valence-corrected chi connectivity index (χ3v) is 9.38. The zero-order chi connectivity index (χ0) is 31.9. The molecule has 2 heterocycles. The van der Waals surface area contributed by atoms with Crippen LogP contribution in [0.3, 0.4) is 0 Å². The number of hydrogen-bond acceptors (Lipinski definition) is 10. The molecule has 0 fully saturated rings. The molecule has 2 aromatic heterocycles. The van der Waals surface area contributed by atoms with Crippen LogP contribution in [0, 0.1) is 0 Å². The first-order valence-electron chi connectivity index (χ1n) is 14.7. The van der Waals surface area contributed by atoms with Gasteiger partial charge in [-0.15, -0.1) is 21.5 Å². The number of fused-ring (bicyclic) bond motifs is 1. The number of hydrogen-bond donors (Lipinski definition) is 2. The van der Waals surface area contributed by atoms with Crippen LogP contribution in [0.1, 0.15) is 64.2 Å². The summed E-state index contributed by atoms with van der Waals surface area (Å²) < 4.78 is 18.0. The number of methoxy groups -OCH3 is 1. The SMILES string of the molecule is CCOC(=O)c1c(NC(=O)C(C)Sc2nnc(CNC(=O)c3cccc(OC)c3)n2-c2ccc(OCC)cc2)sc2c1CCC2. The number of esters is 1. The number of anilines is 1. The predicted octanol–water partition coefficient (Wildman–Crippen LogP) is 5.45. The van der Waals surface area contributed by atoms with Crippen molar-refractivity contribution in [2.75, 3.05) is 25.6 Å². The second-order valence-corrected chi connectivity index (χ2v) is 12.5. The highest BCUT2D eigenvalue weighted by atomic mass is 32.2. The first-order chi connectivity index (χ1) is 21.8. The highest BCUT2D eigenvalue weighted by molar-refractivity contribution is 8.00. The quantitative estimate of drug-likeness (QED) is 0.143. The van der Waals surface area contributed by atoms with Crippen molar-refractivity contribution >= 4 is 45.9 Å². The maximum Gasteiger partial charge on any atom is 0.341 e. The maximum atomic E-state index is 13.5. The molecule has 0 radical (unpaired) electrons. The van der Waals surface area contributed by atoms with E-state index in [-0.39, 0.29) is 25.0 Å². The molecule has 45 heavy (non-hydrogen) atoms. The molecule has 0 saturated carbocycles. The fourth-order valence-corrected chi connectivity index (χ4v) is 7.14. The number of thioether (sulfide) groups is 1. The summed E-state index contributed by atoms with van der Waals surface area (Å²) in [6.45, 7) is 6.32. The third kappa shape index (κ3) is 7.31. The number of rotatable bonds is 13. The normalized spacial score (nSPS) is 12.7. The Hall–Kier alpha value is -4.36. The van der Waals surface area contributed by atoms with Crippen LogP contribution in [0.4, 0.5) is 5.00 Å². The molecule has 0 spiro atoms. The van der Waals surface area contributed by atoms with Gasteiger partial charge in [0.15, 0.2) is 11.0 Å². The molecule has 4 aromatic rings. The van der Waals surface area contributed by atoms with Crippen LogP contribution >= 0.6 is 23.1 Å². The van der Waals surface area contributed by atoms with Gasteiger partial charge in [0, 0.05) is 16.1 Å². The van der Waals surface area contributed by atoms with Crippen LogP contribution in [-0.2, 0) is 28.9 Å². The molecule has 1 aliphatic carbocycles. The van der Waals surface area contributed by atoms with Gasteiger partial charge in [-0.3, -0.25) is 14.2 Å². The summed E-state index contributed by atoms with van der Waals surface area (Å²) >= 11 is 2.66. The Morgan fingerprint density at radius 3 is 2.58 bits per heavy atom. The van der Waals surface area contributed by atoms with Crippen LogP contribution in [0.5, 0.6) is 11.5 Å². The topological polar surface area (TPSA) is 134 Å². The summed E-state index contributed by atoms with van der Waals surface area (Å²) in [6, 6.07) is 14.3. The lowest BCUT2D eigenvalue weighted by Gasteiger charge is -2.15. The molecule has 0 saturated heterocycles. The highest BCUT2D eigenvalue weighted by Crippen LogP contribution is 2.40. The molecule has 13 heteroatoms. The predicted molar refractivity (Wildman–Crippen MR) is 173 cm³/mol. The number of aryl methyl sites for hydroxylation is 1. The number of nitrogens with zero attached hydrogens (tertiary/aromatic N) is 3. The molecule has 2 aromatic carbocycles. The number of nitrogens with one attached hydrogen (secondary N) is 2. The van der Waals surface area contributed by atoms with Crippen molar-refractivity contribution in [3.8, 4) is 17.2 Å². The lowest BCUT2D eigenvalue weighted by atomic mass is 10.1. The lowest BCUT2D eigenvalue weighted by molar-refractivity contribution is -0.115. The standard InChI is InChI=1S/C32H35N5O6S2/c1-5-42-22-15-13-21(14-16-22)37-26(18-33-29(39)20-9-7-10-23(17-20)41-4)35-36-32(37)44-19(3)28(38)34-30-27(31(40)43-6-2)24-11-8-12-25(24)45-30/h7,9-10,13-17,19H,5-6,8,11-12,18H2,1-4H3,(H,33,39)(H,34,38). The minimum absolute atomic E-state index is 0.0844. The van der Waals surface area contributed by atoms with Crippen molar-refractivity contribution in [1.82, 2.24) is 20.1 Å². The van der Waals surface area contributed by atoms with E-state index in [0.717, 1.165) is 35.4 Å². The number of ether oxygens (including phenoxy) is 3. The lowest BCUT2D eigenvalue weighted by Crippen LogP contribution is -2.25. The van der Waals surface area contributed by atoms with Crippen molar-refractivity contribution in [2.45, 2.75) is 57.0 Å². The number of aromatic nitrogens is 3. The first kappa shape index (κ1) is 32.0. The molecule has 236 valence electrons. The Kier molecular flexibility index (Phi) is 10.4. The molecule has 2 N–H and O–H groups in total. The van der Waals surface area contributed by atoms with Gasteiger partial charge in [-0.25, -0.2) is 4.79 Å². The van der Waals surface area contributed by atoms with E-state index in [1.54, 1.807) is 49.8 Å². The van der Waals surface area contributed by atoms with Gasteiger partial charge in [0.1, 0.15) is 16.5 Å². The van der Waals surface area contributed by atoms with Gasteiger partial charge in [-0.2, -0.15) is 0 Å². The third-order valence-electron chi connectivity index (χ3n) is 7.13. The Balaban J connectivity index is 1.37. The number of carbonyl (C=O) groups excluding carboxylic acids is 3. The summed E-state index contributed by atoms with van der Waals surface area (Å²) in [6.07, 6.45) is 2.66. The van der Waals surface area contributed by atoms with Crippen molar-refractivity contribution in [1.29, 1.82) is 0 Å². The Bertz CT molecular complexity index is 1680. The van der Waals surface area contributed by atoms with Gasteiger partial charge in [-0.1, -0.05) is 17.8 Å². The number of carbonyl (C=O) groups is 3. The maximum absolute atomic E-state index is 13.5. The summed E-state index contributed by atoms with van der Waals surface area (Å²) in [5.74, 6) is 0.780. The minimum atomic E-state index is -0.596. The van der Waals surface area contributed by atoms with Crippen molar-refractivity contribution in [2.24, 2.45) is 0 Å².